The highest BCUT2D eigenvalue weighted by molar-refractivity contribution is 7.47. The van der Waals surface area contributed by atoms with E-state index in [-0.39, 0.29) is 32.6 Å². The van der Waals surface area contributed by atoms with Crippen LogP contribution in [0.5, 0.6) is 0 Å². The highest BCUT2D eigenvalue weighted by atomic mass is 31.2. The molecule has 3 N–H and O–H groups in total. The maximum atomic E-state index is 12.5. The molecule has 10 nitrogen and oxygen atoms in total. The zero-order valence-electron chi connectivity index (χ0n) is 34.3. The Hall–Kier alpha value is -3.11. The van der Waals surface area contributed by atoms with Crippen LogP contribution in [0.4, 0.5) is 0 Å². The molecule has 0 radical (unpaired) electrons. The van der Waals surface area contributed by atoms with E-state index in [2.05, 4.69) is 98.9 Å². The maximum Gasteiger partial charge on any atom is 0.472 e. The lowest BCUT2D eigenvalue weighted by Gasteiger charge is -2.19. The molecule has 56 heavy (non-hydrogen) atoms. The van der Waals surface area contributed by atoms with Gasteiger partial charge in [-0.05, 0) is 89.9 Å². The zero-order valence-corrected chi connectivity index (χ0v) is 35.2. The second kappa shape index (κ2) is 36.2. The van der Waals surface area contributed by atoms with Crippen LogP contribution in [0.15, 0.2) is 97.2 Å². The molecule has 1 aliphatic rings. The number of rotatable bonds is 36. The summed E-state index contributed by atoms with van der Waals surface area (Å²) >= 11 is 0. The summed E-state index contributed by atoms with van der Waals surface area (Å²) in [4.78, 5) is 34.8. The van der Waals surface area contributed by atoms with Gasteiger partial charge in [0.25, 0.3) is 0 Å². The SMILES string of the molecule is CC/C=C\CC1OC1C/C=C\C/C=C\C/C=C\C/C=C\CCC(=O)O[C@H](COC(=O)CCCC/C=C\C/C=C\C/C=C\CCCCC)COP(=O)(O)OCCN. The fourth-order valence-electron chi connectivity index (χ4n) is 5.18. The summed E-state index contributed by atoms with van der Waals surface area (Å²) in [6, 6.07) is 0. The molecular formula is C45H72NO9P. The zero-order chi connectivity index (χ0) is 40.8. The van der Waals surface area contributed by atoms with Crippen molar-refractivity contribution in [1.82, 2.24) is 0 Å². The van der Waals surface area contributed by atoms with Crippen molar-refractivity contribution in [2.75, 3.05) is 26.4 Å². The van der Waals surface area contributed by atoms with Gasteiger partial charge >= 0.3 is 19.8 Å². The monoisotopic (exact) mass is 801 g/mol. The van der Waals surface area contributed by atoms with Crippen LogP contribution in [-0.2, 0) is 37.4 Å². The predicted octanol–water partition coefficient (Wildman–Crippen LogP) is 10.8. The van der Waals surface area contributed by atoms with Crippen LogP contribution in [0.2, 0.25) is 0 Å². The van der Waals surface area contributed by atoms with Crippen molar-refractivity contribution in [3.8, 4) is 0 Å². The van der Waals surface area contributed by atoms with Gasteiger partial charge in [0.1, 0.15) is 6.61 Å². The van der Waals surface area contributed by atoms with E-state index in [1.54, 1.807) is 0 Å². The third kappa shape index (κ3) is 33.1. The Kier molecular flexibility index (Phi) is 33.0. The van der Waals surface area contributed by atoms with Gasteiger partial charge in [0.05, 0.1) is 25.4 Å². The molecular weight excluding hydrogens is 729 g/mol. The minimum Gasteiger partial charge on any atom is -0.462 e. The largest absolute Gasteiger partial charge is 0.472 e. The minimum atomic E-state index is -4.41. The summed E-state index contributed by atoms with van der Waals surface area (Å²) in [5, 5.41) is 0. The summed E-state index contributed by atoms with van der Waals surface area (Å²) in [7, 11) is -4.41. The second-order valence-electron chi connectivity index (χ2n) is 13.5. The molecule has 1 aliphatic heterocycles. The molecule has 11 heteroatoms. The molecule has 0 bridgehead atoms. The molecule has 0 aromatic heterocycles. The molecule has 0 saturated carbocycles. The van der Waals surface area contributed by atoms with E-state index in [0.717, 1.165) is 70.6 Å². The number of allylic oxidation sites excluding steroid dienone is 14. The molecule has 0 aliphatic carbocycles. The standard InChI is InChI=1S/C45H72NO9P/c1-3-5-7-8-9-10-11-12-13-14-18-21-24-27-31-35-44(47)51-39-41(40-53-56(49,50)52-38-37-46)54-45(48)36-32-28-25-22-19-16-15-17-20-23-26-30-34-43-42(55-43)33-29-6-4-2/h6,9-10,12-13,16-21,25-26,28-30,41-43H,3-5,7-8,11,14-15,22-24,27,31-40,46H2,1-2H3,(H,49,50)/b10-9-,13-12-,19-16-,20-17-,21-18-,28-25-,29-6-,30-26-/t41-,42?,43?/m1/s1. The van der Waals surface area contributed by atoms with Gasteiger partial charge in [-0.2, -0.15) is 0 Å². The number of ether oxygens (including phenoxy) is 3. The van der Waals surface area contributed by atoms with Gasteiger partial charge in [-0.25, -0.2) is 4.57 Å². The van der Waals surface area contributed by atoms with Crippen LogP contribution in [-0.4, -0.2) is 61.5 Å². The Morgan fingerprint density at radius 3 is 1.71 bits per heavy atom. The van der Waals surface area contributed by atoms with E-state index in [4.69, 9.17) is 29.0 Å². The van der Waals surface area contributed by atoms with Gasteiger partial charge in [0.15, 0.2) is 6.10 Å². The number of hydrogen-bond acceptors (Lipinski definition) is 9. The van der Waals surface area contributed by atoms with Crippen molar-refractivity contribution in [2.45, 2.75) is 148 Å². The molecule has 0 aromatic rings. The van der Waals surface area contributed by atoms with E-state index in [1.807, 2.05) is 12.2 Å². The molecule has 4 atom stereocenters. The third-order valence-corrected chi connectivity index (χ3v) is 9.35. The average Bonchev–Trinajstić information content (AvgIpc) is 3.94. The number of esters is 2. The van der Waals surface area contributed by atoms with Crippen LogP contribution in [0.1, 0.15) is 129 Å². The summed E-state index contributed by atoms with van der Waals surface area (Å²) in [6.45, 7) is 3.41. The summed E-state index contributed by atoms with van der Waals surface area (Å²) in [6.07, 6.45) is 49.2. The third-order valence-electron chi connectivity index (χ3n) is 8.37. The fraction of sp³-hybridized carbons (Fsp3) is 0.600. The molecule has 1 rings (SSSR count). The fourth-order valence-corrected chi connectivity index (χ4v) is 5.94. The number of carbonyl (C=O) groups excluding carboxylic acids is 2. The predicted molar refractivity (Wildman–Crippen MR) is 228 cm³/mol. The number of nitrogens with two attached hydrogens (primary N) is 1. The van der Waals surface area contributed by atoms with Crippen LogP contribution in [0, 0.1) is 0 Å². The minimum absolute atomic E-state index is 0.0293. The Labute approximate surface area is 338 Å². The average molecular weight is 802 g/mol. The number of epoxide rings is 1. The van der Waals surface area contributed by atoms with Crippen molar-refractivity contribution in [3.05, 3.63) is 97.2 Å². The van der Waals surface area contributed by atoms with Crippen molar-refractivity contribution in [1.29, 1.82) is 0 Å². The Bertz CT molecular complexity index is 1300. The first-order valence-electron chi connectivity index (χ1n) is 20.8. The lowest BCUT2D eigenvalue weighted by molar-refractivity contribution is -0.161. The van der Waals surface area contributed by atoms with Crippen LogP contribution in [0.3, 0.4) is 0 Å². The van der Waals surface area contributed by atoms with Crippen molar-refractivity contribution >= 4 is 19.8 Å². The van der Waals surface area contributed by atoms with Crippen molar-refractivity contribution in [3.63, 3.8) is 0 Å². The molecule has 316 valence electrons. The Balaban J connectivity index is 2.28. The molecule has 1 fully saturated rings. The van der Waals surface area contributed by atoms with Gasteiger partial charge < -0.3 is 24.8 Å². The summed E-state index contributed by atoms with van der Waals surface area (Å²) < 4.78 is 38.3. The lowest BCUT2D eigenvalue weighted by Crippen LogP contribution is -2.29. The molecule has 0 amide bonds. The second-order valence-corrected chi connectivity index (χ2v) is 15.0. The van der Waals surface area contributed by atoms with Gasteiger partial charge in [0, 0.05) is 19.4 Å². The number of hydrogen-bond donors (Lipinski definition) is 2. The van der Waals surface area contributed by atoms with E-state index in [1.165, 1.54) is 19.3 Å². The quantitative estimate of drug-likeness (QED) is 0.0206. The highest BCUT2D eigenvalue weighted by Crippen LogP contribution is 2.43. The van der Waals surface area contributed by atoms with Crippen LogP contribution >= 0.6 is 7.82 Å². The maximum absolute atomic E-state index is 12.5. The molecule has 0 spiro atoms. The number of carbonyl (C=O) groups is 2. The van der Waals surface area contributed by atoms with Crippen molar-refractivity contribution < 1.29 is 42.3 Å². The van der Waals surface area contributed by atoms with Crippen LogP contribution in [0.25, 0.3) is 0 Å². The Morgan fingerprint density at radius 1 is 0.643 bits per heavy atom. The number of phosphoric ester groups is 1. The van der Waals surface area contributed by atoms with E-state index >= 15 is 0 Å². The highest BCUT2D eigenvalue weighted by Gasteiger charge is 2.36. The molecule has 3 unspecified atom stereocenters. The van der Waals surface area contributed by atoms with E-state index in [9.17, 15) is 19.0 Å². The molecule has 0 aromatic carbocycles. The first-order valence-corrected chi connectivity index (χ1v) is 22.3. The smallest absolute Gasteiger partial charge is 0.462 e. The van der Waals surface area contributed by atoms with Crippen LogP contribution < -0.4 is 5.73 Å². The van der Waals surface area contributed by atoms with Gasteiger partial charge in [-0.1, -0.05) is 124 Å². The first kappa shape index (κ1) is 50.9. The summed E-state index contributed by atoms with van der Waals surface area (Å²) in [5.74, 6) is -0.988. The van der Waals surface area contributed by atoms with Gasteiger partial charge in [-0.15, -0.1) is 0 Å². The van der Waals surface area contributed by atoms with Crippen molar-refractivity contribution in [2.24, 2.45) is 5.73 Å². The summed E-state index contributed by atoms with van der Waals surface area (Å²) in [5.41, 5.74) is 5.33. The molecule has 1 heterocycles. The first-order chi connectivity index (χ1) is 27.3. The normalized spacial score (nSPS) is 17.9. The van der Waals surface area contributed by atoms with E-state index in [0.29, 0.717) is 25.0 Å². The Morgan fingerprint density at radius 2 is 1.16 bits per heavy atom. The van der Waals surface area contributed by atoms with E-state index < -0.39 is 32.5 Å². The topological polar surface area (TPSA) is 147 Å². The van der Waals surface area contributed by atoms with Gasteiger partial charge in [0.2, 0.25) is 0 Å². The number of phosphoric acid groups is 1. The van der Waals surface area contributed by atoms with Gasteiger partial charge in [-0.3, -0.25) is 18.6 Å². The lowest BCUT2D eigenvalue weighted by atomic mass is 10.1. The molecule has 1 saturated heterocycles. The number of unbranched alkanes of at least 4 members (excludes halogenated alkanes) is 5.